The zero-order chi connectivity index (χ0) is 13.6. The second kappa shape index (κ2) is 4.08. The molecule has 0 radical (unpaired) electrons. The predicted octanol–water partition coefficient (Wildman–Crippen LogP) is 1.19. The van der Waals surface area contributed by atoms with Crippen molar-refractivity contribution in [3.05, 3.63) is 35.4 Å². The number of hydrogen-bond donors (Lipinski definition) is 0. The molecule has 0 saturated carbocycles. The van der Waals surface area contributed by atoms with Gasteiger partial charge in [0.05, 0.1) is 5.54 Å². The molecular formula is C15H18N2O2. The third-order valence-electron chi connectivity index (χ3n) is 4.33. The maximum Gasteiger partial charge on any atom is 0.220 e. The van der Waals surface area contributed by atoms with Crippen molar-refractivity contribution in [2.75, 3.05) is 13.1 Å². The number of fused-ring (bicyclic) bond motifs is 1. The summed E-state index contributed by atoms with van der Waals surface area (Å²) in [5.74, 6) is 0.186. The Morgan fingerprint density at radius 1 is 1.05 bits per heavy atom. The summed E-state index contributed by atoms with van der Waals surface area (Å²) in [7, 11) is 0. The largest absolute Gasteiger partial charge is 0.338 e. The molecule has 1 aromatic rings. The summed E-state index contributed by atoms with van der Waals surface area (Å²) in [6, 6.07) is 8.26. The number of amides is 2. The SMILES string of the molecule is CC(=O)N1CC2(Cc3ccccc3CN2C(C)=O)C1. The number of likely N-dealkylation sites (tertiary alicyclic amines) is 1. The molecular weight excluding hydrogens is 240 g/mol. The second-order valence-corrected chi connectivity index (χ2v) is 5.65. The van der Waals surface area contributed by atoms with Gasteiger partial charge in [0, 0.05) is 33.5 Å². The minimum atomic E-state index is -0.175. The number of carbonyl (C=O) groups excluding carboxylic acids is 2. The van der Waals surface area contributed by atoms with E-state index >= 15 is 0 Å². The van der Waals surface area contributed by atoms with Crippen molar-refractivity contribution < 1.29 is 9.59 Å². The smallest absolute Gasteiger partial charge is 0.220 e. The highest BCUT2D eigenvalue weighted by Crippen LogP contribution is 2.37. The van der Waals surface area contributed by atoms with Crippen LogP contribution in [0.25, 0.3) is 0 Å². The lowest BCUT2D eigenvalue weighted by Gasteiger charge is -2.57. The van der Waals surface area contributed by atoms with Crippen molar-refractivity contribution in [3.8, 4) is 0 Å². The van der Waals surface area contributed by atoms with Gasteiger partial charge in [0.25, 0.3) is 0 Å². The molecule has 1 spiro atoms. The maximum absolute atomic E-state index is 11.9. The first-order valence-electron chi connectivity index (χ1n) is 6.62. The Hall–Kier alpha value is -1.84. The van der Waals surface area contributed by atoms with Crippen LogP contribution in [-0.2, 0) is 22.6 Å². The third-order valence-corrected chi connectivity index (χ3v) is 4.33. The van der Waals surface area contributed by atoms with Crippen molar-refractivity contribution >= 4 is 11.8 Å². The second-order valence-electron chi connectivity index (χ2n) is 5.65. The van der Waals surface area contributed by atoms with Gasteiger partial charge in [0.1, 0.15) is 0 Å². The molecule has 0 aliphatic carbocycles. The first-order chi connectivity index (χ1) is 9.02. The number of hydrogen-bond acceptors (Lipinski definition) is 2. The molecule has 1 aromatic carbocycles. The lowest BCUT2D eigenvalue weighted by molar-refractivity contribution is -0.157. The van der Waals surface area contributed by atoms with Crippen molar-refractivity contribution in [1.29, 1.82) is 0 Å². The Morgan fingerprint density at radius 2 is 1.68 bits per heavy atom. The Bertz CT molecular complexity index is 547. The summed E-state index contributed by atoms with van der Waals surface area (Å²) in [4.78, 5) is 27.1. The van der Waals surface area contributed by atoms with E-state index in [1.165, 1.54) is 11.1 Å². The number of nitrogens with zero attached hydrogens (tertiary/aromatic N) is 2. The molecule has 100 valence electrons. The highest BCUT2D eigenvalue weighted by molar-refractivity contribution is 5.78. The predicted molar refractivity (Wildman–Crippen MR) is 71.4 cm³/mol. The van der Waals surface area contributed by atoms with Gasteiger partial charge in [-0.15, -0.1) is 0 Å². The Labute approximate surface area is 113 Å². The molecule has 4 nitrogen and oxygen atoms in total. The Kier molecular flexibility index (Phi) is 2.62. The van der Waals surface area contributed by atoms with Crippen molar-refractivity contribution in [3.63, 3.8) is 0 Å². The minimum Gasteiger partial charge on any atom is -0.338 e. The quantitative estimate of drug-likeness (QED) is 0.701. The van der Waals surface area contributed by atoms with E-state index < -0.39 is 0 Å². The molecule has 0 aromatic heterocycles. The van der Waals surface area contributed by atoms with Crippen LogP contribution in [0.4, 0.5) is 0 Å². The van der Waals surface area contributed by atoms with Gasteiger partial charge in [-0.1, -0.05) is 24.3 Å². The van der Waals surface area contributed by atoms with E-state index in [1.54, 1.807) is 13.8 Å². The molecule has 19 heavy (non-hydrogen) atoms. The van der Waals surface area contributed by atoms with Crippen LogP contribution in [0, 0.1) is 0 Å². The number of benzene rings is 1. The molecule has 2 heterocycles. The zero-order valence-electron chi connectivity index (χ0n) is 11.3. The summed E-state index contributed by atoms with van der Waals surface area (Å²) >= 11 is 0. The minimum absolute atomic E-state index is 0.0907. The molecule has 1 saturated heterocycles. The third kappa shape index (κ3) is 1.82. The monoisotopic (exact) mass is 258 g/mol. The molecule has 2 aliphatic rings. The van der Waals surface area contributed by atoms with Crippen LogP contribution in [0.5, 0.6) is 0 Å². The van der Waals surface area contributed by atoms with Gasteiger partial charge in [-0.3, -0.25) is 9.59 Å². The standard InChI is InChI=1S/C15H18N2O2/c1-11(18)16-9-15(10-16)7-13-5-3-4-6-14(13)8-17(15)12(2)19/h3-6H,7-10H2,1-2H3. The van der Waals surface area contributed by atoms with Crippen LogP contribution in [0.1, 0.15) is 25.0 Å². The normalized spacial score (nSPS) is 19.9. The summed E-state index contributed by atoms with van der Waals surface area (Å²) in [5.41, 5.74) is 2.36. The van der Waals surface area contributed by atoms with Crippen LogP contribution < -0.4 is 0 Å². The van der Waals surface area contributed by atoms with E-state index in [0.29, 0.717) is 19.6 Å². The van der Waals surface area contributed by atoms with E-state index in [-0.39, 0.29) is 17.4 Å². The lowest BCUT2D eigenvalue weighted by Crippen LogP contribution is -2.73. The molecule has 0 atom stereocenters. The van der Waals surface area contributed by atoms with E-state index in [4.69, 9.17) is 0 Å². The highest BCUT2D eigenvalue weighted by Gasteiger charge is 2.51. The lowest BCUT2D eigenvalue weighted by atomic mass is 9.77. The fourth-order valence-corrected chi connectivity index (χ4v) is 3.29. The van der Waals surface area contributed by atoms with Gasteiger partial charge in [0.15, 0.2) is 0 Å². The molecule has 0 N–H and O–H groups in total. The molecule has 0 bridgehead atoms. The average Bonchev–Trinajstić information content (AvgIpc) is 2.33. The van der Waals surface area contributed by atoms with Crippen LogP contribution in [-0.4, -0.2) is 40.2 Å². The molecule has 2 aliphatic heterocycles. The fraction of sp³-hybridized carbons (Fsp3) is 0.467. The van der Waals surface area contributed by atoms with Gasteiger partial charge < -0.3 is 9.80 Å². The number of carbonyl (C=O) groups is 2. The maximum atomic E-state index is 11.9. The molecule has 1 fully saturated rings. The first kappa shape index (κ1) is 12.2. The van der Waals surface area contributed by atoms with Crippen molar-refractivity contribution in [1.82, 2.24) is 9.80 Å². The summed E-state index contributed by atoms with van der Waals surface area (Å²) in [5, 5.41) is 0. The van der Waals surface area contributed by atoms with Crippen molar-refractivity contribution in [2.24, 2.45) is 0 Å². The van der Waals surface area contributed by atoms with Crippen molar-refractivity contribution in [2.45, 2.75) is 32.4 Å². The molecule has 3 rings (SSSR count). The number of rotatable bonds is 0. The van der Waals surface area contributed by atoms with Gasteiger partial charge in [-0.25, -0.2) is 0 Å². The molecule has 2 amide bonds. The van der Waals surface area contributed by atoms with E-state index in [2.05, 4.69) is 12.1 Å². The van der Waals surface area contributed by atoms with E-state index in [9.17, 15) is 9.59 Å². The fourth-order valence-electron chi connectivity index (χ4n) is 3.29. The van der Waals surface area contributed by atoms with E-state index in [1.807, 2.05) is 21.9 Å². The van der Waals surface area contributed by atoms with Gasteiger partial charge in [-0.2, -0.15) is 0 Å². The molecule has 4 heteroatoms. The Balaban J connectivity index is 1.92. The highest BCUT2D eigenvalue weighted by atomic mass is 16.2. The van der Waals surface area contributed by atoms with E-state index in [0.717, 1.165) is 6.42 Å². The van der Waals surface area contributed by atoms with Crippen LogP contribution in [0.15, 0.2) is 24.3 Å². The van der Waals surface area contributed by atoms with Gasteiger partial charge >= 0.3 is 0 Å². The average molecular weight is 258 g/mol. The van der Waals surface area contributed by atoms with Crippen LogP contribution in [0.2, 0.25) is 0 Å². The molecule has 0 unspecified atom stereocenters. The summed E-state index contributed by atoms with van der Waals surface area (Å²) in [6.45, 7) is 5.19. The van der Waals surface area contributed by atoms with Crippen LogP contribution >= 0.6 is 0 Å². The summed E-state index contributed by atoms with van der Waals surface area (Å²) < 4.78 is 0. The van der Waals surface area contributed by atoms with Gasteiger partial charge in [-0.05, 0) is 17.5 Å². The zero-order valence-corrected chi connectivity index (χ0v) is 11.3. The Morgan fingerprint density at radius 3 is 2.26 bits per heavy atom. The summed E-state index contributed by atoms with van der Waals surface area (Å²) in [6.07, 6.45) is 0.854. The first-order valence-corrected chi connectivity index (χ1v) is 6.62. The topological polar surface area (TPSA) is 40.6 Å². The van der Waals surface area contributed by atoms with Crippen LogP contribution in [0.3, 0.4) is 0 Å². The van der Waals surface area contributed by atoms with Gasteiger partial charge in [0.2, 0.25) is 11.8 Å².